The SMILES string of the molecule is COC(=O)C1(N)CCC(CO[Si](c2ccccc2)(c2ccccc2)C(C)(C)C)OC1. The number of esters is 1. The average molecular weight is 428 g/mol. The Bertz CT molecular complexity index is 788. The maximum Gasteiger partial charge on any atom is 0.328 e. The summed E-state index contributed by atoms with van der Waals surface area (Å²) >= 11 is 0. The van der Waals surface area contributed by atoms with E-state index in [4.69, 9.17) is 19.6 Å². The van der Waals surface area contributed by atoms with Gasteiger partial charge in [0.15, 0.2) is 0 Å². The van der Waals surface area contributed by atoms with E-state index in [1.807, 2.05) is 12.1 Å². The number of methoxy groups -OCH3 is 1. The number of nitrogens with two attached hydrogens (primary N) is 1. The Morgan fingerprint density at radius 1 is 1.10 bits per heavy atom. The van der Waals surface area contributed by atoms with Crippen LogP contribution >= 0.6 is 0 Å². The van der Waals surface area contributed by atoms with Gasteiger partial charge in [0, 0.05) is 0 Å². The second-order valence-electron chi connectivity index (χ2n) is 9.09. The third-order valence-electron chi connectivity index (χ3n) is 5.98. The molecule has 2 aromatic carbocycles. The molecule has 0 aliphatic carbocycles. The molecule has 2 unspecified atom stereocenters. The van der Waals surface area contributed by atoms with E-state index in [0.29, 0.717) is 19.4 Å². The zero-order valence-electron chi connectivity index (χ0n) is 18.4. The molecule has 162 valence electrons. The van der Waals surface area contributed by atoms with Crippen molar-refractivity contribution >= 4 is 24.7 Å². The highest BCUT2D eigenvalue weighted by atomic mass is 28.4. The predicted molar refractivity (Wildman–Crippen MR) is 121 cm³/mol. The van der Waals surface area contributed by atoms with Crippen LogP contribution in [-0.2, 0) is 18.7 Å². The van der Waals surface area contributed by atoms with Gasteiger partial charge in [0.05, 0.1) is 26.4 Å². The molecule has 0 radical (unpaired) electrons. The standard InChI is InChI=1S/C24H33NO4Si/c1-23(2,3)30(20-11-7-5-8-12-20,21-13-9-6-10-14-21)29-17-19-15-16-24(25,18-28-19)22(26)27-4/h5-14,19H,15-18,25H2,1-4H3. The molecule has 5 nitrogen and oxygen atoms in total. The average Bonchev–Trinajstić information content (AvgIpc) is 2.75. The van der Waals surface area contributed by atoms with Crippen molar-refractivity contribution in [3.05, 3.63) is 60.7 Å². The summed E-state index contributed by atoms with van der Waals surface area (Å²) in [5, 5.41) is 2.39. The van der Waals surface area contributed by atoms with E-state index in [2.05, 4.69) is 69.3 Å². The van der Waals surface area contributed by atoms with Crippen molar-refractivity contribution in [2.75, 3.05) is 20.3 Å². The van der Waals surface area contributed by atoms with Crippen LogP contribution in [0.5, 0.6) is 0 Å². The highest BCUT2D eigenvalue weighted by Crippen LogP contribution is 2.37. The minimum Gasteiger partial charge on any atom is -0.468 e. The van der Waals surface area contributed by atoms with Crippen molar-refractivity contribution in [3.8, 4) is 0 Å². The summed E-state index contributed by atoms with van der Waals surface area (Å²) in [7, 11) is -1.24. The van der Waals surface area contributed by atoms with Crippen LogP contribution in [-0.4, -0.2) is 46.3 Å². The lowest BCUT2D eigenvalue weighted by Gasteiger charge is -2.44. The van der Waals surface area contributed by atoms with Crippen molar-refractivity contribution in [1.29, 1.82) is 0 Å². The molecular weight excluding hydrogens is 394 g/mol. The fourth-order valence-corrected chi connectivity index (χ4v) is 8.91. The van der Waals surface area contributed by atoms with Crippen molar-refractivity contribution < 1.29 is 18.7 Å². The zero-order valence-corrected chi connectivity index (χ0v) is 19.4. The van der Waals surface area contributed by atoms with Crippen LogP contribution in [0.25, 0.3) is 0 Å². The summed E-state index contributed by atoms with van der Waals surface area (Å²) in [4.78, 5) is 12.0. The topological polar surface area (TPSA) is 70.8 Å². The third kappa shape index (κ3) is 4.37. The van der Waals surface area contributed by atoms with Crippen molar-refractivity contribution in [1.82, 2.24) is 0 Å². The molecule has 0 saturated carbocycles. The number of ether oxygens (including phenoxy) is 2. The lowest BCUT2D eigenvalue weighted by Crippen LogP contribution is -2.67. The molecule has 1 saturated heterocycles. The summed E-state index contributed by atoms with van der Waals surface area (Å²) < 4.78 is 17.7. The normalized spacial score (nSPS) is 22.5. The molecule has 30 heavy (non-hydrogen) atoms. The Labute approximate surface area is 180 Å². The summed E-state index contributed by atoms with van der Waals surface area (Å²) in [5.74, 6) is -0.422. The first kappa shape index (κ1) is 22.7. The Morgan fingerprint density at radius 3 is 2.03 bits per heavy atom. The Hall–Kier alpha value is -1.99. The van der Waals surface area contributed by atoms with E-state index in [-0.39, 0.29) is 17.7 Å². The fraction of sp³-hybridized carbons (Fsp3) is 0.458. The van der Waals surface area contributed by atoms with Crippen LogP contribution in [0.4, 0.5) is 0 Å². The molecule has 1 aliphatic heterocycles. The van der Waals surface area contributed by atoms with Gasteiger partial charge in [-0.05, 0) is 28.3 Å². The lowest BCUT2D eigenvalue weighted by atomic mass is 9.91. The van der Waals surface area contributed by atoms with E-state index in [1.165, 1.54) is 17.5 Å². The van der Waals surface area contributed by atoms with Gasteiger partial charge in [-0.2, -0.15) is 0 Å². The number of hydrogen-bond acceptors (Lipinski definition) is 5. The summed E-state index contributed by atoms with van der Waals surface area (Å²) in [6.07, 6.45) is 1.08. The van der Waals surface area contributed by atoms with Crippen molar-refractivity contribution in [2.24, 2.45) is 5.73 Å². The van der Waals surface area contributed by atoms with Gasteiger partial charge in [0.25, 0.3) is 8.32 Å². The molecular formula is C24H33NO4Si. The molecule has 0 aromatic heterocycles. The zero-order chi connectivity index (χ0) is 21.8. The number of carbonyl (C=O) groups excluding carboxylic acids is 1. The molecule has 2 atom stereocenters. The van der Waals surface area contributed by atoms with Gasteiger partial charge >= 0.3 is 5.97 Å². The van der Waals surface area contributed by atoms with Crippen LogP contribution in [0.1, 0.15) is 33.6 Å². The van der Waals surface area contributed by atoms with E-state index in [0.717, 1.165) is 0 Å². The van der Waals surface area contributed by atoms with Crippen LogP contribution in [0.2, 0.25) is 5.04 Å². The minimum atomic E-state index is -2.60. The van der Waals surface area contributed by atoms with Gasteiger partial charge < -0.3 is 19.6 Å². The van der Waals surface area contributed by atoms with E-state index in [9.17, 15) is 4.79 Å². The molecule has 3 rings (SSSR count). The minimum absolute atomic E-state index is 0.0893. The van der Waals surface area contributed by atoms with Gasteiger partial charge in [-0.3, -0.25) is 0 Å². The summed E-state index contributed by atoms with van der Waals surface area (Å²) in [6, 6.07) is 21.1. The highest BCUT2D eigenvalue weighted by Gasteiger charge is 2.51. The van der Waals surface area contributed by atoms with E-state index >= 15 is 0 Å². The third-order valence-corrected chi connectivity index (χ3v) is 11.0. The van der Waals surface area contributed by atoms with Gasteiger partial charge in [-0.25, -0.2) is 4.79 Å². The molecule has 6 heteroatoms. The smallest absolute Gasteiger partial charge is 0.328 e. The molecule has 1 fully saturated rings. The van der Waals surface area contributed by atoms with Crippen LogP contribution in [0, 0.1) is 0 Å². The molecule has 2 aromatic rings. The Balaban J connectivity index is 1.87. The second-order valence-corrected chi connectivity index (χ2v) is 13.4. The first-order valence-corrected chi connectivity index (χ1v) is 12.4. The van der Waals surface area contributed by atoms with Crippen molar-refractivity contribution in [3.63, 3.8) is 0 Å². The van der Waals surface area contributed by atoms with Gasteiger partial charge in [-0.15, -0.1) is 0 Å². The highest BCUT2D eigenvalue weighted by molar-refractivity contribution is 6.99. The molecule has 1 heterocycles. The molecule has 0 bridgehead atoms. The second kappa shape index (κ2) is 9.02. The number of benzene rings is 2. The molecule has 1 aliphatic rings. The number of carbonyl (C=O) groups is 1. The maximum atomic E-state index is 12.0. The summed E-state index contributed by atoms with van der Waals surface area (Å²) in [6.45, 7) is 7.37. The number of hydrogen-bond donors (Lipinski definition) is 1. The van der Waals surface area contributed by atoms with Crippen LogP contribution < -0.4 is 16.1 Å². The van der Waals surface area contributed by atoms with Crippen LogP contribution in [0.3, 0.4) is 0 Å². The van der Waals surface area contributed by atoms with Crippen molar-refractivity contribution in [2.45, 2.75) is 50.3 Å². The first-order valence-electron chi connectivity index (χ1n) is 10.5. The van der Waals surface area contributed by atoms with E-state index < -0.39 is 19.8 Å². The largest absolute Gasteiger partial charge is 0.468 e. The van der Waals surface area contributed by atoms with E-state index in [1.54, 1.807) is 0 Å². The number of rotatable bonds is 6. The maximum absolute atomic E-state index is 12.0. The fourth-order valence-electron chi connectivity index (χ4n) is 4.32. The van der Waals surface area contributed by atoms with Crippen LogP contribution in [0.15, 0.2) is 60.7 Å². The first-order chi connectivity index (χ1) is 14.2. The van der Waals surface area contributed by atoms with Gasteiger partial charge in [0.2, 0.25) is 0 Å². The van der Waals surface area contributed by atoms with Gasteiger partial charge in [-0.1, -0.05) is 81.4 Å². The molecule has 2 N–H and O–H groups in total. The molecule has 0 amide bonds. The Kier molecular flexibility index (Phi) is 6.82. The quantitative estimate of drug-likeness (QED) is 0.567. The predicted octanol–water partition coefficient (Wildman–Crippen LogP) is 2.61. The summed E-state index contributed by atoms with van der Waals surface area (Å²) in [5.41, 5.74) is 5.11. The Morgan fingerprint density at radius 2 is 1.63 bits per heavy atom. The molecule has 0 spiro atoms. The monoisotopic (exact) mass is 427 g/mol. The lowest BCUT2D eigenvalue weighted by molar-refractivity contribution is -0.155. The van der Waals surface area contributed by atoms with Gasteiger partial charge in [0.1, 0.15) is 5.54 Å².